The standard InChI is InChI=1S/C21H26FNO4S/c1-12-7-5-8-13(2)23(12)20(24)14(3)27-21(25)19-15(11-26-4)18-16(22)9-6-10-17(18)28-19/h6,9-10,12-14H,5,7-8,11H2,1-4H3/t12-,13+,14-/m1/s1. The Morgan fingerprint density at radius 2 is 1.96 bits per heavy atom. The number of fused-ring (bicyclic) bond motifs is 1. The topological polar surface area (TPSA) is 55.8 Å². The Balaban J connectivity index is 1.83. The molecule has 1 saturated heterocycles. The lowest BCUT2D eigenvalue weighted by atomic mass is 9.97. The highest BCUT2D eigenvalue weighted by molar-refractivity contribution is 7.21. The zero-order valence-electron chi connectivity index (χ0n) is 16.7. The molecule has 0 bridgehead atoms. The van der Waals surface area contributed by atoms with E-state index >= 15 is 0 Å². The molecule has 1 amide bonds. The summed E-state index contributed by atoms with van der Waals surface area (Å²) in [5.74, 6) is -1.21. The van der Waals surface area contributed by atoms with Crippen LogP contribution in [0.5, 0.6) is 0 Å². The molecule has 3 atom stereocenters. The van der Waals surface area contributed by atoms with E-state index in [1.807, 2.05) is 18.7 Å². The lowest BCUT2D eigenvalue weighted by Gasteiger charge is -2.40. The second kappa shape index (κ2) is 8.57. The Labute approximate surface area is 168 Å². The largest absolute Gasteiger partial charge is 0.448 e. The maximum atomic E-state index is 14.3. The number of carbonyl (C=O) groups is 2. The van der Waals surface area contributed by atoms with Gasteiger partial charge in [0.25, 0.3) is 5.91 Å². The van der Waals surface area contributed by atoms with Crippen LogP contribution in [0.15, 0.2) is 18.2 Å². The molecular weight excluding hydrogens is 381 g/mol. The number of ether oxygens (including phenoxy) is 2. The number of benzene rings is 1. The molecule has 0 aliphatic carbocycles. The monoisotopic (exact) mass is 407 g/mol. The summed E-state index contributed by atoms with van der Waals surface area (Å²) in [5, 5.41) is 0.374. The molecule has 7 heteroatoms. The van der Waals surface area contributed by atoms with E-state index in [0.29, 0.717) is 15.6 Å². The van der Waals surface area contributed by atoms with Crippen molar-refractivity contribution in [2.75, 3.05) is 7.11 Å². The minimum atomic E-state index is -0.902. The summed E-state index contributed by atoms with van der Waals surface area (Å²) < 4.78 is 25.6. The van der Waals surface area contributed by atoms with Gasteiger partial charge in [0.2, 0.25) is 0 Å². The maximum Gasteiger partial charge on any atom is 0.349 e. The van der Waals surface area contributed by atoms with E-state index in [-0.39, 0.29) is 29.5 Å². The Hall–Kier alpha value is -1.99. The first-order valence-electron chi connectivity index (χ1n) is 9.57. The molecule has 0 radical (unpaired) electrons. The molecule has 1 aliphatic rings. The molecule has 0 unspecified atom stereocenters. The van der Waals surface area contributed by atoms with E-state index in [2.05, 4.69) is 0 Å². The van der Waals surface area contributed by atoms with Crippen LogP contribution in [0, 0.1) is 5.82 Å². The third-order valence-corrected chi connectivity index (χ3v) is 6.49. The number of amides is 1. The third kappa shape index (κ3) is 3.91. The van der Waals surface area contributed by atoms with Crippen LogP contribution in [-0.4, -0.2) is 42.1 Å². The predicted molar refractivity (Wildman–Crippen MR) is 107 cm³/mol. The minimum absolute atomic E-state index is 0.0912. The molecule has 0 N–H and O–H groups in total. The Kier molecular flexibility index (Phi) is 6.35. The summed E-state index contributed by atoms with van der Waals surface area (Å²) in [5.41, 5.74) is 0.463. The fourth-order valence-electron chi connectivity index (χ4n) is 3.94. The second-order valence-corrected chi connectivity index (χ2v) is 8.43. The van der Waals surface area contributed by atoms with Crippen LogP contribution >= 0.6 is 11.3 Å². The van der Waals surface area contributed by atoms with Crippen LogP contribution < -0.4 is 0 Å². The van der Waals surface area contributed by atoms with E-state index in [1.165, 1.54) is 13.2 Å². The zero-order chi connectivity index (χ0) is 20.4. The van der Waals surface area contributed by atoms with Crippen molar-refractivity contribution in [1.82, 2.24) is 4.90 Å². The van der Waals surface area contributed by atoms with Crippen molar-refractivity contribution >= 4 is 33.3 Å². The van der Waals surface area contributed by atoms with Gasteiger partial charge in [0.1, 0.15) is 10.7 Å². The summed E-state index contributed by atoms with van der Waals surface area (Å²) >= 11 is 1.16. The van der Waals surface area contributed by atoms with Crippen LogP contribution in [-0.2, 0) is 20.9 Å². The first-order chi connectivity index (χ1) is 13.3. The van der Waals surface area contributed by atoms with Gasteiger partial charge in [-0.05, 0) is 52.2 Å². The van der Waals surface area contributed by atoms with Gasteiger partial charge in [-0.2, -0.15) is 0 Å². The smallest absolute Gasteiger partial charge is 0.349 e. The van der Waals surface area contributed by atoms with Crippen molar-refractivity contribution in [2.45, 2.75) is 64.8 Å². The molecule has 1 aromatic carbocycles. The number of hydrogen-bond acceptors (Lipinski definition) is 5. The fraction of sp³-hybridized carbons (Fsp3) is 0.524. The van der Waals surface area contributed by atoms with Crippen molar-refractivity contribution in [3.05, 3.63) is 34.5 Å². The first-order valence-corrected chi connectivity index (χ1v) is 10.4. The number of hydrogen-bond donors (Lipinski definition) is 0. The maximum absolute atomic E-state index is 14.3. The van der Waals surface area contributed by atoms with Gasteiger partial charge in [0, 0.05) is 34.8 Å². The number of carbonyl (C=O) groups excluding carboxylic acids is 2. The van der Waals surface area contributed by atoms with Crippen LogP contribution in [0.2, 0.25) is 0 Å². The number of methoxy groups -OCH3 is 1. The molecule has 2 aromatic rings. The minimum Gasteiger partial charge on any atom is -0.448 e. The van der Waals surface area contributed by atoms with Gasteiger partial charge in [-0.1, -0.05) is 6.07 Å². The van der Waals surface area contributed by atoms with Crippen LogP contribution in [0.25, 0.3) is 10.1 Å². The van der Waals surface area contributed by atoms with E-state index in [0.717, 1.165) is 30.6 Å². The normalized spacial score (nSPS) is 21.0. The third-order valence-electron chi connectivity index (χ3n) is 5.32. The number of piperidine rings is 1. The van der Waals surface area contributed by atoms with Gasteiger partial charge in [-0.3, -0.25) is 4.79 Å². The van der Waals surface area contributed by atoms with Gasteiger partial charge in [-0.15, -0.1) is 11.3 Å². The van der Waals surface area contributed by atoms with Gasteiger partial charge < -0.3 is 14.4 Å². The number of likely N-dealkylation sites (tertiary alicyclic amines) is 1. The SMILES string of the molecule is COCc1c(C(=O)O[C@H](C)C(=O)N2[C@H](C)CCC[C@@H]2C)sc2cccc(F)c12. The van der Waals surface area contributed by atoms with Crippen LogP contribution in [0.4, 0.5) is 4.39 Å². The summed E-state index contributed by atoms with van der Waals surface area (Å²) in [4.78, 5) is 27.8. The summed E-state index contributed by atoms with van der Waals surface area (Å²) in [6.45, 7) is 5.73. The molecule has 0 saturated carbocycles. The van der Waals surface area contributed by atoms with E-state index in [4.69, 9.17) is 9.47 Å². The molecule has 1 fully saturated rings. The lowest BCUT2D eigenvalue weighted by molar-refractivity contribution is -0.146. The highest BCUT2D eigenvalue weighted by atomic mass is 32.1. The van der Waals surface area contributed by atoms with Gasteiger partial charge in [-0.25, -0.2) is 9.18 Å². The number of esters is 1. The van der Waals surface area contributed by atoms with E-state index in [9.17, 15) is 14.0 Å². The molecule has 2 heterocycles. The van der Waals surface area contributed by atoms with Gasteiger partial charge in [0.15, 0.2) is 6.10 Å². The average Bonchev–Trinajstić information content (AvgIpc) is 3.02. The van der Waals surface area contributed by atoms with Gasteiger partial charge >= 0.3 is 5.97 Å². The summed E-state index contributed by atoms with van der Waals surface area (Å²) in [6, 6.07) is 4.96. The molecule has 3 rings (SSSR count). The molecule has 1 aliphatic heterocycles. The molecular formula is C21H26FNO4S. The van der Waals surface area contributed by atoms with Crippen molar-refractivity contribution in [3.8, 4) is 0 Å². The zero-order valence-corrected chi connectivity index (χ0v) is 17.5. The fourth-order valence-corrected chi connectivity index (χ4v) is 5.05. The van der Waals surface area contributed by atoms with E-state index in [1.54, 1.807) is 19.1 Å². The second-order valence-electron chi connectivity index (χ2n) is 7.38. The molecule has 5 nitrogen and oxygen atoms in total. The Morgan fingerprint density at radius 1 is 1.29 bits per heavy atom. The van der Waals surface area contributed by atoms with Crippen LogP contribution in [0.3, 0.4) is 0 Å². The van der Waals surface area contributed by atoms with Crippen molar-refractivity contribution in [3.63, 3.8) is 0 Å². The Morgan fingerprint density at radius 3 is 2.61 bits per heavy atom. The molecule has 28 heavy (non-hydrogen) atoms. The Bertz CT molecular complexity index is 871. The molecule has 1 aromatic heterocycles. The summed E-state index contributed by atoms with van der Waals surface area (Å²) in [6.07, 6.45) is 2.09. The number of nitrogens with zero attached hydrogens (tertiary/aromatic N) is 1. The average molecular weight is 408 g/mol. The molecule has 0 spiro atoms. The van der Waals surface area contributed by atoms with Crippen molar-refractivity contribution in [1.29, 1.82) is 0 Å². The summed E-state index contributed by atoms with van der Waals surface area (Å²) in [7, 11) is 1.49. The molecule has 152 valence electrons. The number of rotatable bonds is 5. The first kappa shape index (κ1) is 20.7. The quantitative estimate of drug-likeness (QED) is 0.684. The van der Waals surface area contributed by atoms with E-state index < -0.39 is 17.9 Å². The van der Waals surface area contributed by atoms with Crippen LogP contribution in [0.1, 0.15) is 55.3 Å². The van der Waals surface area contributed by atoms with Gasteiger partial charge in [0.05, 0.1) is 6.61 Å². The number of halogens is 1. The lowest BCUT2D eigenvalue weighted by Crippen LogP contribution is -2.51. The van der Waals surface area contributed by atoms with Crippen molar-refractivity contribution < 1.29 is 23.5 Å². The highest BCUT2D eigenvalue weighted by Gasteiger charge is 2.34. The predicted octanol–water partition coefficient (Wildman–Crippen LogP) is 4.52. The highest BCUT2D eigenvalue weighted by Crippen LogP contribution is 2.34. The van der Waals surface area contributed by atoms with Crippen molar-refractivity contribution in [2.24, 2.45) is 0 Å². The number of thiophene rings is 1.